The van der Waals surface area contributed by atoms with Crippen molar-refractivity contribution >= 4 is 17.6 Å². The third-order valence-electron chi connectivity index (χ3n) is 3.39. The Bertz CT molecular complexity index is 759. The molecule has 7 nitrogen and oxygen atoms in total. The highest BCUT2D eigenvalue weighted by Crippen LogP contribution is 2.21. The Kier molecular flexibility index (Phi) is 5.62. The first-order valence-electron chi connectivity index (χ1n) is 7.21. The molecule has 2 aromatic rings. The summed E-state index contributed by atoms with van der Waals surface area (Å²) in [5.74, 6) is -1.22. The summed E-state index contributed by atoms with van der Waals surface area (Å²) in [4.78, 5) is 34.0. The average Bonchev–Trinajstić information content (AvgIpc) is 2.58. The first-order chi connectivity index (χ1) is 11.5. The first kappa shape index (κ1) is 17.1. The number of ether oxygens (including phenoxy) is 1. The lowest BCUT2D eigenvalue weighted by molar-refractivity contribution is -0.385. The summed E-state index contributed by atoms with van der Waals surface area (Å²) in [5.41, 5.74) is 1.03. The van der Waals surface area contributed by atoms with Crippen molar-refractivity contribution in [3.05, 3.63) is 75.3 Å². The molecule has 0 aliphatic rings. The van der Waals surface area contributed by atoms with Crippen LogP contribution in [-0.4, -0.2) is 23.4 Å². The molecule has 2 aromatic carbocycles. The second kappa shape index (κ2) is 7.87. The molecule has 0 heterocycles. The second-order valence-corrected chi connectivity index (χ2v) is 5.05. The van der Waals surface area contributed by atoms with E-state index < -0.39 is 23.4 Å². The number of nitro benzene ring substituents is 1. The predicted octanol–water partition coefficient (Wildman–Crippen LogP) is 2.38. The number of nitro groups is 1. The lowest BCUT2D eigenvalue weighted by Gasteiger charge is -2.08. The van der Waals surface area contributed by atoms with Crippen molar-refractivity contribution in [2.45, 2.75) is 13.5 Å². The summed E-state index contributed by atoms with van der Waals surface area (Å²) < 4.78 is 4.92. The second-order valence-electron chi connectivity index (χ2n) is 5.05. The van der Waals surface area contributed by atoms with Crippen molar-refractivity contribution in [3.8, 4) is 0 Å². The molecular formula is C17H16N2O5. The van der Waals surface area contributed by atoms with Crippen LogP contribution in [0.25, 0.3) is 0 Å². The number of nitrogens with zero attached hydrogens (tertiary/aromatic N) is 1. The van der Waals surface area contributed by atoms with Gasteiger partial charge < -0.3 is 10.1 Å². The van der Waals surface area contributed by atoms with Crippen molar-refractivity contribution in [3.63, 3.8) is 0 Å². The van der Waals surface area contributed by atoms with E-state index in [2.05, 4.69) is 5.32 Å². The molecule has 0 fully saturated rings. The molecule has 1 amide bonds. The van der Waals surface area contributed by atoms with Gasteiger partial charge in [-0.05, 0) is 18.6 Å². The molecule has 0 saturated carbocycles. The van der Waals surface area contributed by atoms with Gasteiger partial charge in [0.05, 0.1) is 10.5 Å². The maximum atomic E-state index is 12.0. The molecule has 0 aliphatic heterocycles. The minimum atomic E-state index is -0.772. The Morgan fingerprint density at radius 2 is 1.83 bits per heavy atom. The van der Waals surface area contributed by atoms with Gasteiger partial charge >= 0.3 is 5.97 Å². The quantitative estimate of drug-likeness (QED) is 0.499. The standard InChI is InChI=1S/C17H16N2O5/c1-12-14(8-5-9-15(12)19(22)23)17(21)24-11-16(20)18-10-13-6-3-2-4-7-13/h2-9H,10-11H2,1H3,(H,18,20). The topological polar surface area (TPSA) is 98.5 Å². The maximum absolute atomic E-state index is 12.0. The Hall–Kier alpha value is -3.22. The molecule has 24 heavy (non-hydrogen) atoms. The van der Waals surface area contributed by atoms with Crippen LogP contribution in [0.3, 0.4) is 0 Å². The first-order valence-corrected chi connectivity index (χ1v) is 7.21. The summed E-state index contributed by atoms with van der Waals surface area (Å²) in [7, 11) is 0. The van der Waals surface area contributed by atoms with Crippen molar-refractivity contribution in [2.75, 3.05) is 6.61 Å². The van der Waals surface area contributed by atoms with E-state index in [1.165, 1.54) is 25.1 Å². The number of amides is 1. The minimum Gasteiger partial charge on any atom is -0.452 e. The highest BCUT2D eigenvalue weighted by molar-refractivity contribution is 5.93. The molecule has 0 bridgehead atoms. The zero-order valence-electron chi connectivity index (χ0n) is 13.0. The fourth-order valence-electron chi connectivity index (χ4n) is 2.10. The van der Waals surface area contributed by atoms with E-state index in [1.807, 2.05) is 30.3 Å². The Balaban J connectivity index is 1.90. The molecular weight excluding hydrogens is 312 g/mol. The number of hydrogen-bond donors (Lipinski definition) is 1. The van der Waals surface area contributed by atoms with E-state index in [-0.39, 0.29) is 16.8 Å². The molecule has 0 unspecified atom stereocenters. The van der Waals surface area contributed by atoms with Crippen LogP contribution in [-0.2, 0) is 16.1 Å². The van der Waals surface area contributed by atoms with Crippen LogP contribution in [0, 0.1) is 17.0 Å². The third kappa shape index (κ3) is 4.39. The van der Waals surface area contributed by atoms with Crippen molar-refractivity contribution in [1.29, 1.82) is 0 Å². The number of nitrogens with one attached hydrogen (secondary N) is 1. The van der Waals surface area contributed by atoms with Crippen LogP contribution in [0.4, 0.5) is 5.69 Å². The Morgan fingerprint density at radius 1 is 1.12 bits per heavy atom. The van der Waals surface area contributed by atoms with Gasteiger partial charge in [-0.3, -0.25) is 14.9 Å². The van der Waals surface area contributed by atoms with Gasteiger partial charge in [-0.25, -0.2) is 4.79 Å². The molecule has 0 saturated heterocycles. The molecule has 0 radical (unpaired) electrons. The molecule has 7 heteroatoms. The summed E-state index contributed by atoms with van der Waals surface area (Å²) in [6.07, 6.45) is 0. The molecule has 2 rings (SSSR count). The van der Waals surface area contributed by atoms with E-state index in [4.69, 9.17) is 4.74 Å². The van der Waals surface area contributed by atoms with Gasteiger partial charge in [-0.2, -0.15) is 0 Å². The maximum Gasteiger partial charge on any atom is 0.339 e. The van der Waals surface area contributed by atoms with E-state index in [9.17, 15) is 19.7 Å². The van der Waals surface area contributed by atoms with Crippen molar-refractivity contribution in [2.24, 2.45) is 0 Å². The van der Waals surface area contributed by atoms with Gasteiger partial charge in [0.25, 0.3) is 11.6 Å². The van der Waals surface area contributed by atoms with E-state index in [0.717, 1.165) is 5.56 Å². The molecule has 124 valence electrons. The molecule has 1 N–H and O–H groups in total. The monoisotopic (exact) mass is 328 g/mol. The normalized spacial score (nSPS) is 10.0. The van der Waals surface area contributed by atoms with Gasteiger partial charge in [-0.15, -0.1) is 0 Å². The van der Waals surface area contributed by atoms with Gasteiger partial charge in [0, 0.05) is 18.2 Å². The SMILES string of the molecule is Cc1c(C(=O)OCC(=O)NCc2ccccc2)cccc1[N+](=O)[O-]. The van der Waals surface area contributed by atoms with Crippen LogP contribution in [0.2, 0.25) is 0 Å². The number of esters is 1. The average molecular weight is 328 g/mol. The Labute approximate surface area is 138 Å². The largest absolute Gasteiger partial charge is 0.452 e. The van der Waals surface area contributed by atoms with E-state index >= 15 is 0 Å². The van der Waals surface area contributed by atoms with E-state index in [1.54, 1.807) is 0 Å². The van der Waals surface area contributed by atoms with Gasteiger partial charge in [-0.1, -0.05) is 36.4 Å². The molecule has 0 spiro atoms. The van der Waals surface area contributed by atoms with Crippen LogP contribution >= 0.6 is 0 Å². The van der Waals surface area contributed by atoms with Crippen LogP contribution < -0.4 is 5.32 Å². The zero-order valence-corrected chi connectivity index (χ0v) is 13.0. The fourth-order valence-corrected chi connectivity index (χ4v) is 2.10. The molecule has 0 aliphatic carbocycles. The molecule has 0 atom stereocenters. The summed E-state index contributed by atoms with van der Waals surface area (Å²) >= 11 is 0. The summed E-state index contributed by atoms with van der Waals surface area (Å²) in [6.45, 7) is 1.34. The summed E-state index contributed by atoms with van der Waals surface area (Å²) in [5, 5.41) is 13.5. The van der Waals surface area contributed by atoms with Crippen LogP contribution in [0.5, 0.6) is 0 Å². The molecule has 0 aromatic heterocycles. The smallest absolute Gasteiger partial charge is 0.339 e. The highest BCUT2D eigenvalue weighted by atomic mass is 16.6. The number of carbonyl (C=O) groups excluding carboxylic acids is 2. The fraction of sp³-hybridized carbons (Fsp3) is 0.176. The lowest BCUT2D eigenvalue weighted by Crippen LogP contribution is -2.28. The van der Waals surface area contributed by atoms with Crippen molar-refractivity contribution < 1.29 is 19.2 Å². The van der Waals surface area contributed by atoms with Gasteiger partial charge in [0.2, 0.25) is 0 Å². The minimum absolute atomic E-state index is 0.0695. The number of carbonyl (C=O) groups is 2. The number of rotatable bonds is 6. The van der Waals surface area contributed by atoms with Crippen LogP contribution in [0.1, 0.15) is 21.5 Å². The van der Waals surface area contributed by atoms with E-state index in [0.29, 0.717) is 6.54 Å². The summed E-state index contributed by atoms with van der Waals surface area (Å²) in [6, 6.07) is 13.4. The van der Waals surface area contributed by atoms with Crippen molar-refractivity contribution in [1.82, 2.24) is 5.32 Å². The van der Waals surface area contributed by atoms with Gasteiger partial charge in [0.1, 0.15) is 0 Å². The zero-order chi connectivity index (χ0) is 17.5. The number of benzene rings is 2. The Morgan fingerprint density at radius 3 is 2.50 bits per heavy atom. The van der Waals surface area contributed by atoms with Crippen LogP contribution in [0.15, 0.2) is 48.5 Å². The third-order valence-corrected chi connectivity index (χ3v) is 3.39. The number of hydrogen-bond acceptors (Lipinski definition) is 5. The van der Waals surface area contributed by atoms with Gasteiger partial charge in [0.15, 0.2) is 6.61 Å². The lowest BCUT2D eigenvalue weighted by atomic mass is 10.1. The predicted molar refractivity (Wildman–Crippen MR) is 86.4 cm³/mol. The highest BCUT2D eigenvalue weighted by Gasteiger charge is 2.19.